The van der Waals surface area contributed by atoms with E-state index in [1.54, 1.807) is 43.2 Å². The molecule has 2 aromatic carbocycles. The van der Waals surface area contributed by atoms with Crippen LogP contribution in [-0.4, -0.2) is 73.3 Å². The highest BCUT2D eigenvalue weighted by atomic mass is 32.2. The summed E-state index contributed by atoms with van der Waals surface area (Å²) >= 11 is 0. The van der Waals surface area contributed by atoms with Gasteiger partial charge >= 0.3 is 0 Å². The third kappa shape index (κ3) is 5.72. The predicted octanol–water partition coefficient (Wildman–Crippen LogP) is 2.46. The van der Waals surface area contributed by atoms with Crippen molar-refractivity contribution in [2.24, 2.45) is 0 Å². The first-order valence-corrected chi connectivity index (χ1v) is 12.6. The predicted molar refractivity (Wildman–Crippen MR) is 127 cm³/mol. The lowest BCUT2D eigenvalue weighted by Crippen LogP contribution is -2.48. The summed E-state index contributed by atoms with van der Waals surface area (Å²) in [5.74, 6) is 1.63. The number of rotatable bonds is 8. The van der Waals surface area contributed by atoms with Crippen molar-refractivity contribution in [2.45, 2.75) is 13.5 Å². The van der Waals surface area contributed by atoms with E-state index in [0.29, 0.717) is 55.7 Å². The van der Waals surface area contributed by atoms with Gasteiger partial charge in [-0.3, -0.25) is 14.4 Å². The number of ether oxygens (including phenoxy) is 1. The number of anilines is 1. The molecule has 180 valence electrons. The van der Waals surface area contributed by atoms with Crippen LogP contribution >= 0.6 is 0 Å². The van der Waals surface area contributed by atoms with Gasteiger partial charge in [0.1, 0.15) is 5.75 Å². The maximum absolute atomic E-state index is 12.9. The van der Waals surface area contributed by atoms with Crippen LogP contribution in [0.25, 0.3) is 11.4 Å². The van der Waals surface area contributed by atoms with Crippen LogP contribution in [0.2, 0.25) is 0 Å². The van der Waals surface area contributed by atoms with E-state index in [2.05, 4.69) is 19.8 Å². The number of hydrogen-bond donors (Lipinski definition) is 1. The van der Waals surface area contributed by atoms with Crippen LogP contribution in [0.1, 0.15) is 23.2 Å². The van der Waals surface area contributed by atoms with E-state index in [9.17, 15) is 13.2 Å². The van der Waals surface area contributed by atoms with Crippen molar-refractivity contribution in [2.75, 3.05) is 43.8 Å². The lowest BCUT2D eigenvalue weighted by Gasteiger charge is -2.34. The fraction of sp³-hybridized carbons (Fsp3) is 0.348. The lowest BCUT2D eigenvalue weighted by molar-refractivity contribution is 0.0615. The Hall–Kier alpha value is -3.44. The van der Waals surface area contributed by atoms with Gasteiger partial charge in [-0.1, -0.05) is 11.2 Å². The second kappa shape index (κ2) is 10.2. The average molecular weight is 486 g/mol. The minimum atomic E-state index is -3.40. The van der Waals surface area contributed by atoms with Gasteiger partial charge in [0, 0.05) is 43.0 Å². The third-order valence-corrected chi connectivity index (χ3v) is 6.90. The van der Waals surface area contributed by atoms with Crippen LogP contribution in [-0.2, 0) is 16.6 Å². The number of carbonyl (C=O) groups is 1. The molecule has 1 fully saturated rings. The summed E-state index contributed by atoms with van der Waals surface area (Å²) in [6.45, 7) is 4.47. The van der Waals surface area contributed by atoms with E-state index in [1.807, 2.05) is 24.3 Å². The Morgan fingerprint density at radius 2 is 1.85 bits per heavy atom. The second-order valence-electron chi connectivity index (χ2n) is 7.89. The molecule has 0 bridgehead atoms. The normalized spacial score (nSPS) is 14.7. The molecule has 0 spiro atoms. The van der Waals surface area contributed by atoms with Gasteiger partial charge in [0.25, 0.3) is 5.91 Å². The minimum Gasteiger partial charge on any atom is -0.497 e. The van der Waals surface area contributed by atoms with Gasteiger partial charge < -0.3 is 14.2 Å². The van der Waals surface area contributed by atoms with Gasteiger partial charge in [-0.25, -0.2) is 8.42 Å². The Morgan fingerprint density at radius 3 is 2.53 bits per heavy atom. The standard InChI is InChI=1S/C23H27N5O5S/c1-3-34(30,31)26-19-6-4-5-18(15-19)23(29)28-13-11-27(12-14-28)16-21-24-22(25-33-21)17-7-9-20(32-2)10-8-17/h4-10,15,26H,3,11-14,16H2,1-2H3. The van der Waals surface area contributed by atoms with E-state index < -0.39 is 10.0 Å². The van der Waals surface area contributed by atoms with Gasteiger partial charge in [-0.2, -0.15) is 4.98 Å². The first kappa shape index (κ1) is 23.7. The number of aromatic nitrogens is 2. The average Bonchev–Trinajstić information content (AvgIpc) is 3.32. The summed E-state index contributed by atoms with van der Waals surface area (Å²) in [6, 6.07) is 14.0. The molecule has 4 rings (SSSR count). The van der Waals surface area contributed by atoms with Crippen molar-refractivity contribution in [1.82, 2.24) is 19.9 Å². The van der Waals surface area contributed by atoms with Crippen LogP contribution in [0.5, 0.6) is 5.75 Å². The molecular formula is C23H27N5O5S. The molecule has 0 aliphatic carbocycles. The van der Waals surface area contributed by atoms with Crippen molar-refractivity contribution >= 4 is 21.6 Å². The van der Waals surface area contributed by atoms with E-state index in [0.717, 1.165) is 11.3 Å². The van der Waals surface area contributed by atoms with Crippen LogP contribution in [0.3, 0.4) is 0 Å². The number of amides is 1. The molecular weight excluding hydrogens is 458 g/mol. The Balaban J connectivity index is 1.32. The molecule has 11 heteroatoms. The number of sulfonamides is 1. The van der Waals surface area contributed by atoms with Gasteiger partial charge in [-0.05, 0) is 49.4 Å². The number of hydrogen-bond acceptors (Lipinski definition) is 8. The Kier molecular flexibility index (Phi) is 7.13. The fourth-order valence-corrected chi connectivity index (χ4v) is 4.26. The number of methoxy groups -OCH3 is 1. The zero-order chi connectivity index (χ0) is 24.1. The summed E-state index contributed by atoms with van der Waals surface area (Å²) in [7, 11) is -1.79. The van der Waals surface area contributed by atoms with E-state index in [-0.39, 0.29) is 11.7 Å². The largest absolute Gasteiger partial charge is 0.497 e. The molecule has 0 atom stereocenters. The van der Waals surface area contributed by atoms with Crippen LogP contribution in [0.4, 0.5) is 5.69 Å². The summed E-state index contributed by atoms with van der Waals surface area (Å²) in [5.41, 5.74) is 1.68. The number of piperazine rings is 1. The second-order valence-corrected chi connectivity index (χ2v) is 9.91. The quantitative estimate of drug-likeness (QED) is 0.517. The topological polar surface area (TPSA) is 118 Å². The van der Waals surface area contributed by atoms with Crippen LogP contribution < -0.4 is 9.46 Å². The number of benzene rings is 2. The smallest absolute Gasteiger partial charge is 0.254 e. The first-order valence-electron chi connectivity index (χ1n) is 11.0. The fourth-order valence-electron chi connectivity index (χ4n) is 3.63. The van der Waals surface area contributed by atoms with Crippen LogP contribution in [0.15, 0.2) is 53.1 Å². The zero-order valence-electron chi connectivity index (χ0n) is 19.1. The molecule has 1 aliphatic rings. The summed E-state index contributed by atoms with van der Waals surface area (Å²) in [5, 5.41) is 4.06. The minimum absolute atomic E-state index is 0.0330. The third-order valence-electron chi connectivity index (χ3n) is 5.60. The molecule has 1 aromatic heterocycles. The maximum atomic E-state index is 12.9. The Morgan fingerprint density at radius 1 is 1.12 bits per heavy atom. The molecule has 2 heterocycles. The van der Waals surface area contributed by atoms with Crippen molar-refractivity contribution in [1.29, 1.82) is 0 Å². The lowest BCUT2D eigenvalue weighted by atomic mass is 10.1. The van der Waals surface area contributed by atoms with Crippen molar-refractivity contribution in [3.05, 3.63) is 60.0 Å². The van der Waals surface area contributed by atoms with Crippen molar-refractivity contribution in [3.8, 4) is 17.1 Å². The first-order chi connectivity index (χ1) is 16.4. The molecule has 10 nitrogen and oxygen atoms in total. The van der Waals surface area contributed by atoms with Gasteiger partial charge in [0.05, 0.1) is 19.4 Å². The summed E-state index contributed by atoms with van der Waals surface area (Å²) in [4.78, 5) is 21.3. The molecule has 1 N–H and O–H groups in total. The zero-order valence-corrected chi connectivity index (χ0v) is 19.9. The van der Waals surface area contributed by atoms with Crippen molar-refractivity contribution in [3.63, 3.8) is 0 Å². The molecule has 0 radical (unpaired) electrons. The van der Waals surface area contributed by atoms with Gasteiger partial charge in [0.2, 0.25) is 21.7 Å². The summed E-state index contributed by atoms with van der Waals surface area (Å²) < 4.78 is 36.7. The van der Waals surface area contributed by atoms with E-state index in [1.165, 1.54) is 0 Å². The monoisotopic (exact) mass is 485 g/mol. The van der Waals surface area contributed by atoms with E-state index in [4.69, 9.17) is 9.26 Å². The van der Waals surface area contributed by atoms with Crippen molar-refractivity contribution < 1.29 is 22.5 Å². The SMILES string of the molecule is CCS(=O)(=O)Nc1cccc(C(=O)N2CCN(Cc3nc(-c4ccc(OC)cc4)no3)CC2)c1. The van der Waals surface area contributed by atoms with E-state index >= 15 is 0 Å². The maximum Gasteiger partial charge on any atom is 0.254 e. The number of nitrogens with one attached hydrogen (secondary N) is 1. The van der Waals surface area contributed by atoms with Crippen LogP contribution in [0, 0.1) is 0 Å². The molecule has 34 heavy (non-hydrogen) atoms. The molecule has 1 amide bonds. The molecule has 0 unspecified atom stereocenters. The Labute approximate surface area is 198 Å². The van der Waals surface area contributed by atoms with Gasteiger partial charge in [-0.15, -0.1) is 0 Å². The highest BCUT2D eigenvalue weighted by Crippen LogP contribution is 2.21. The highest BCUT2D eigenvalue weighted by Gasteiger charge is 2.24. The number of carbonyl (C=O) groups excluding carboxylic acids is 1. The molecule has 0 saturated carbocycles. The molecule has 3 aromatic rings. The number of nitrogens with zero attached hydrogens (tertiary/aromatic N) is 4. The molecule has 1 aliphatic heterocycles. The Bertz CT molecular complexity index is 1230. The van der Waals surface area contributed by atoms with Gasteiger partial charge in [0.15, 0.2) is 0 Å². The molecule has 1 saturated heterocycles. The highest BCUT2D eigenvalue weighted by molar-refractivity contribution is 7.92. The summed E-state index contributed by atoms with van der Waals surface area (Å²) in [6.07, 6.45) is 0.